The number of para-hydroxylation sites is 1. The van der Waals surface area contributed by atoms with Crippen LogP contribution in [0.3, 0.4) is 0 Å². The van der Waals surface area contributed by atoms with Crippen LogP contribution in [0.5, 0.6) is 0 Å². The van der Waals surface area contributed by atoms with E-state index in [-0.39, 0.29) is 17.9 Å². The fourth-order valence-electron chi connectivity index (χ4n) is 2.95. The predicted octanol–water partition coefficient (Wildman–Crippen LogP) is 3.20. The zero-order valence-corrected chi connectivity index (χ0v) is 13.7. The maximum atomic E-state index is 14.1. The van der Waals surface area contributed by atoms with Crippen LogP contribution in [0.2, 0.25) is 0 Å². The van der Waals surface area contributed by atoms with E-state index in [0.29, 0.717) is 24.9 Å². The van der Waals surface area contributed by atoms with Gasteiger partial charge in [-0.2, -0.15) is 0 Å². The number of rotatable bonds is 3. The molecule has 1 aliphatic rings. The average Bonchev–Trinajstić information content (AvgIpc) is 2.56. The van der Waals surface area contributed by atoms with Crippen molar-refractivity contribution in [2.45, 2.75) is 12.8 Å². The number of nitrogens with one attached hydrogen (secondary N) is 2. The van der Waals surface area contributed by atoms with Crippen molar-refractivity contribution in [3.8, 4) is 0 Å². The van der Waals surface area contributed by atoms with E-state index in [1.165, 1.54) is 35.2 Å². The number of aryl methyl sites for hydroxylation is 1. The zero-order chi connectivity index (χ0) is 18.7. The van der Waals surface area contributed by atoms with Crippen LogP contribution in [0, 0.1) is 17.5 Å². The van der Waals surface area contributed by atoms with Gasteiger partial charge in [-0.05, 0) is 36.6 Å². The van der Waals surface area contributed by atoms with Crippen molar-refractivity contribution < 1.29 is 22.8 Å². The van der Waals surface area contributed by atoms with Gasteiger partial charge >= 0.3 is 6.03 Å². The summed E-state index contributed by atoms with van der Waals surface area (Å²) in [6.07, 6.45) is 1.14. The van der Waals surface area contributed by atoms with Gasteiger partial charge in [-0.3, -0.25) is 10.1 Å². The zero-order valence-electron chi connectivity index (χ0n) is 13.7. The number of halogens is 3. The van der Waals surface area contributed by atoms with Crippen molar-refractivity contribution >= 4 is 23.3 Å². The molecule has 3 amide bonds. The molecule has 0 radical (unpaired) electrons. The van der Waals surface area contributed by atoms with Crippen LogP contribution in [-0.2, 0) is 11.2 Å². The molecular formula is C18H16F3N3O2. The highest BCUT2D eigenvalue weighted by Crippen LogP contribution is 2.30. The monoisotopic (exact) mass is 363 g/mol. The van der Waals surface area contributed by atoms with Crippen molar-refractivity contribution in [2.75, 3.05) is 23.3 Å². The smallest absolute Gasteiger partial charge is 0.326 e. The number of hydrogen-bond donors (Lipinski definition) is 2. The van der Waals surface area contributed by atoms with Gasteiger partial charge in [-0.25, -0.2) is 18.0 Å². The molecule has 1 heterocycles. The standard InChI is InChI=1S/C18H16F3N3O2/c19-12-8-11-4-3-7-24(17(11)14(21)9-12)10-16(25)23-18(26)22-15-6-2-1-5-13(15)20/h1-2,5-6,8-9H,3-4,7,10H2,(H2,22,23,25,26). The summed E-state index contributed by atoms with van der Waals surface area (Å²) in [7, 11) is 0. The van der Waals surface area contributed by atoms with Crippen LogP contribution in [0.25, 0.3) is 0 Å². The van der Waals surface area contributed by atoms with Crippen LogP contribution in [0.1, 0.15) is 12.0 Å². The van der Waals surface area contributed by atoms with Gasteiger partial charge in [0.15, 0.2) is 0 Å². The molecule has 136 valence electrons. The molecule has 8 heteroatoms. The second kappa shape index (κ2) is 7.47. The fourth-order valence-corrected chi connectivity index (χ4v) is 2.95. The minimum absolute atomic E-state index is 0.0670. The Kier molecular flexibility index (Phi) is 5.11. The molecule has 0 aliphatic carbocycles. The Morgan fingerprint density at radius 3 is 2.62 bits per heavy atom. The van der Waals surface area contributed by atoms with Gasteiger partial charge in [0.25, 0.3) is 0 Å². The third kappa shape index (κ3) is 3.96. The van der Waals surface area contributed by atoms with Crippen LogP contribution in [0.4, 0.5) is 29.3 Å². The molecule has 2 aromatic carbocycles. The maximum Gasteiger partial charge on any atom is 0.326 e. The highest BCUT2D eigenvalue weighted by Gasteiger charge is 2.24. The molecular weight excluding hydrogens is 347 g/mol. The quantitative estimate of drug-likeness (QED) is 0.880. The van der Waals surface area contributed by atoms with E-state index >= 15 is 0 Å². The minimum Gasteiger partial charge on any atom is -0.360 e. The molecule has 0 atom stereocenters. The fraction of sp³-hybridized carbons (Fsp3) is 0.222. The molecule has 2 N–H and O–H groups in total. The second-order valence-corrected chi connectivity index (χ2v) is 5.90. The molecule has 2 aromatic rings. The molecule has 0 saturated heterocycles. The van der Waals surface area contributed by atoms with E-state index in [1.807, 2.05) is 0 Å². The summed E-state index contributed by atoms with van der Waals surface area (Å²) in [6, 6.07) is 6.64. The SMILES string of the molecule is O=C(CN1CCCc2cc(F)cc(F)c21)NC(=O)Nc1ccccc1F. The first-order valence-corrected chi connectivity index (χ1v) is 8.02. The summed E-state index contributed by atoms with van der Waals surface area (Å²) in [4.78, 5) is 25.4. The van der Waals surface area contributed by atoms with Gasteiger partial charge in [0.05, 0.1) is 17.9 Å². The molecule has 0 spiro atoms. The summed E-state index contributed by atoms with van der Waals surface area (Å²) in [5.74, 6) is -2.74. The number of imide groups is 1. The molecule has 0 fully saturated rings. The van der Waals surface area contributed by atoms with Gasteiger partial charge in [-0.15, -0.1) is 0 Å². The lowest BCUT2D eigenvalue weighted by Crippen LogP contribution is -2.43. The van der Waals surface area contributed by atoms with Gasteiger partial charge in [-0.1, -0.05) is 12.1 Å². The number of carbonyl (C=O) groups is 2. The predicted molar refractivity (Wildman–Crippen MR) is 90.5 cm³/mol. The first-order valence-electron chi connectivity index (χ1n) is 8.02. The molecule has 0 saturated carbocycles. The van der Waals surface area contributed by atoms with Crippen molar-refractivity contribution in [2.24, 2.45) is 0 Å². The summed E-state index contributed by atoms with van der Waals surface area (Å²) >= 11 is 0. The molecule has 1 aliphatic heterocycles. The first kappa shape index (κ1) is 17.8. The van der Waals surface area contributed by atoms with E-state index in [2.05, 4.69) is 10.6 Å². The highest BCUT2D eigenvalue weighted by molar-refractivity contribution is 6.02. The van der Waals surface area contributed by atoms with Crippen molar-refractivity contribution in [3.63, 3.8) is 0 Å². The maximum absolute atomic E-state index is 14.1. The number of urea groups is 1. The summed E-state index contributed by atoms with van der Waals surface area (Å²) in [6.45, 7) is 0.123. The van der Waals surface area contributed by atoms with E-state index in [9.17, 15) is 22.8 Å². The summed E-state index contributed by atoms with van der Waals surface area (Å²) in [5.41, 5.74) is 0.585. The van der Waals surface area contributed by atoms with Crippen LogP contribution in [0.15, 0.2) is 36.4 Å². The number of nitrogens with zero attached hydrogens (tertiary/aromatic N) is 1. The number of anilines is 2. The normalized spacial score (nSPS) is 13.1. The van der Waals surface area contributed by atoms with Gasteiger partial charge in [0.2, 0.25) is 5.91 Å². The van der Waals surface area contributed by atoms with Crippen LogP contribution < -0.4 is 15.5 Å². The first-order chi connectivity index (χ1) is 12.4. The van der Waals surface area contributed by atoms with Gasteiger partial charge < -0.3 is 10.2 Å². The largest absolute Gasteiger partial charge is 0.360 e. The Bertz CT molecular complexity index is 858. The lowest BCUT2D eigenvalue weighted by molar-refractivity contribution is -0.118. The van der Waals surface area contributed by atoms with Crippen molar-refractivity contribution in [1.82, 2.24) is 5.32 Å². The Labute approximate surface area is 147 Å². The Morgan fingerprint density at radius 2 is 1.85 bits per heavy atom. The number of amides is 3. The molecule has 3 rings (SSSR count). The Hall–Kier alpha value is -3.03. The topological polar surface area (TPSA) is 61.4 Å². The average molecular weight is 363 g/mol. The Balaban J connectivity index is 1.64. The molecule has 0 unspecified atom stereocenters. The molecule has 26 heavy (non-hydrogen) atoms. The van der Waals surface area contributed by atoms with Crippen molar-refractivity contribution in [1.29, 1.82) is 0 Å². The second-order valence-electron chi connectivity index (χ2n) is 5.90. The third-order valence-corrected chi connectivity index (χ3v) is 4.01. The number of carbonyl (C=O) groups excluding carboxylic acids is 2. The van der Waals surface area contributed by atoms with E-state index in [1.54, 1.807) is 0 Å². The summed E-state index contributed by atoms with van der Waals surface area (Å²) < 4.78 is 40.9. The minimum atomic E-state index is -0.892. The van der Waals surface area contributed by atoms with E-state index < -0.39 is 29.4 Å². The van der Waals surface area contributed by atoms with Crippen LogP contribution >= 0.6 is 0 Å². The molecule has 5 nitrogen and oxygen atoms in total. The van der Waals surface area contributed by atoms with Gasteiger partial charge in [0, 0.05) is 12.6 Å². The number of benzene rings is 2. The lowest BCUT2D eigenvalue weighted by atomic mass is 10.0. The van der Waals surface area contributed by atoms with Gasteiger partial charge in [0.1, 0.15) is 17.5 Å². The highest BCUT2D eigenvalue weighted by atomic mass is 19.1. The van der Waals surface area contributed by atoms with E-state index in [0.717, 1.165) is 6.07 Å². The Morgan fingerprint density at radius 1 is 1.08 bits per heavy atom. The van der Waals surface area contributed by atoms with Crippen LogP contribution in [-0.4, -0.2) is 25.0 Å². The third-order valence-electron chi connectivity index (χ3n) is 4.01. The molecule has 0 bridgehead atoms. The summed E-state index contributed by atoms with van der Waals surface area (Å²) in [5, 5.41) is 4.30. The number of hydrogen-bond acceptors (Lipinski definition) is 3. The molecule has 0 aromatic heterocycles. The number of fused-ring (bicyclic) bond motifs is 1. The van der Waals surface area contributed by atoms with E-state index in [4.69, 9.17) is 0 Å². The van der Waals surface area contributed by atoms with Crippen molar-refractivity contribution in [3.05, 3.63) is 59.4 Å². The lowest BCUT2D eigenvalue weighted by Gasteiger charge is -2.31.